The van der Waals surface area contributed by atoms with Gasteiger partial charge in [0.1, 0.15) is 10.7 Å². The average Bonchev–Trinajstić information content (AvgIpc) is 2.59. The van der Waals surface area contributed by atoms with Crippen molar-refractivity contribution >= 4 is 48.2 Å². The SMILES string of the molecule is CS(=O)(=O)Nc1ccc(S(=O)(=O)Nc2cc3ccccc3cc2C(=O)O)c(F)c1. The van der Waals surface area contributed by atoms with Crippen LogP contribution >= 0.6 is 0 Å². The van der Waals surface area contributed by atoms with Crippen molar-refractivity contribution < 1.29 is 31.1 Å². The van der Waals surface area contributed by atoms with Crippen molar-refractivity contribution in [3.63, 3.8) is 0 Å². The van der Waals surface area contributed by atoms with Crippen molar-refractivity contribution in [3.8, 4) is 0 Å². The molecule has 11 heteroatoms. The molecule has 152 valence electrons. The summed E-state index contributed by atoms with van der Waals surface area (Å²) in [6.45, 7) is 0. The molecule has 0 aromatic heterocycles. The number of carbonyl (C=O) groups is 1. The molecule has 3 N–H and O–H groups in total. The van der Waals surface area contributed by atoms with Gasteiger partial charge in [-0.3, -0.25) is 9.44 Å². The molecule has 3 rings (SSSR count). The molecule has 0 amide bonds. The standard InChI is InChI=1S/C18H15FN2O6S2/c1-28(24,25)20-13-6-7-17(15(19)10-13)29(26,27)21-16-9-12-5-3-2-4-11(12)8-14(16)18(22)23/h2-10,20-21H,1H3,(H,22,23). The minimum absolute atomic E-state index is 0.152. The maximum absolute atomic E-state index is 14.4. The molecule has 0 radical (unpaired) electrons. The molecule has 0 aliphatic rings. The van der Waals surface area contributed by atoms with E-state index in [9.17, 15) is 31.1 Å². The minimum Gasteiger partial charge on any atom is -0.478 e. The van der Waals surface area contributed by atoms with Gasteiger partial charge in [-0.15, -0.1) is 0 Å². The van der Waals surface area contributed by atoms with E-state index in [0.29, 0.717) is 16.8 Å². The van der Waals surface area contributed by atoms with E-state index in [2.05, 4.69) is 4.72 Å². The van der Waals surface area contributed by atoms with E-state index >= 15 is 0 Å². The van der Waals surface area contributed by atoms with Gasteiger partial charge in [0.05, 0.1) is 23.2 Å². The summed E-state index contributed by atoms with van der Waals surface area (Å²) in [5.74, 6) is -2.56. The van der Waals surface area contributed by atoms with Gasteiger partial charge in [-0.1, -0.05) is 24.3 Å². The first kappa shape index (κ1) is 20.6. The lowest BCUT2D eigenvalue weighted by Crippen LogP contribution is -2.17. The maximum Gasteiger partial charge on any atom is 0.337 e. The van der Waals surface area contributed by atoms with Gasteiger partial charge >= 0.3 is 5.97 Å². The lowest BCUT2D eigenvalue weighted by atomic mass is 10.1. The van der Waals surface area contributed by atoms with Gasteiger partial charge in [0.2, 0.25) is 10.0 Å². The summed E-state index contributed by atoms with van der Waals surface area (Å²) >= 11 is 0. The molecule has 0 unspecified atom stereocenters. The molecule has 0 bridgehead atoms. The first-order valence-corrected chi connectivity index (χ1v) is 11.4. The predicted octanol–water partition coefficient (Wildman–Crippen LogP) is 2.85. The fraction of sp³-hybridized carbons (Fsp3) is 0.0556. The molecule has 0 fully saturated rings. The second-order valence-electron chi connectivity index (χ2n) is 6.18. The summed E-state index contributed by atoms with van der Waals surface area (Å²) in [5.41, 5.74) is -0.683. The number of nitrogens with one attached hydrogen (secondary N) is 2. The van der Waals surface area contributed by atoms with Gasteiger partial charge in [0.25, 0.3) is 10.0 Å². The van der Waals surface area contributed by atoms with Gasteiger partial charge in [-0.05, 0) is 41.1 Å². The molecular formula is C18H15FN2O6S2. The number of carboxylic acids is 1. The highest BCUT2D eigenvalue weighted by Crippen LogP contribution is 2.28. The van der Waals surface area contributed by atoms with Crippen LogP contribution in [-0.2, 0) is 20.0 Å². The van der Waals surface area contributed by atoms with Gasteiger partial charge in [0.15, 0.2) is 0 Å². The highest BCUT2D eigenvalue weighted by molar-refractivity contribution is 7.92. The number of hydrogen-bond donors (Lipinski definition) is 3. The Morgan fingerprint density at radius 1 is 0.931 bits per heavy atom. The van der Waals surface area contributed by atoms with Crippen LogP contribution in [0.5, 0.6) is 0 Å². The molecule has 29 heavy (non-hydrogen) atoms. The van der Waals surface area contributed by atoms with Crippen LogP contribution in [0, 0.1) is 5.82 Å². The number of anilines is 2. The normalized spacial score (nSPS) is 11.9. The number of rotatable bonds is 6. The zero-order valence-electron chi connectivity index (χ0n) is 14.9. The van der Waals surface area contributed by atoms with Gasteiger partial charge in [-0.25, -0.2) is 26.0 Å². The van der Waals surface area contributed by atoms with Gasteiger partial charge < -0.3 is 5.11 Å². The van der Waals surface area contributed by atoms with Crippen LogP contribution < -0.4 is 9.44 Å². The molecule has 3 aromatic rings. The Morgan fingerprint density at radius 2 is 1.55 bits per heavy atom. The predicted molar refractivity (Wildman–Crippen MR) is 107 cm³/mol. The average molecular weight is 438 g/mol. The lowest BCUT2D eigenvalue weighted by molar-refractivity contribution is 0.0698. The lowest BCUT2D eigenvalue weighted by Gasteiger charge is -2.13. The summed E-state index contributed by atoms with van der Waals surface area (Å²) in [4.78, 5) is 10.8. The number of carboxylic acid groups (broad SMARTS) is 1. The van der Waals surface area contributed by atoms with E-state index in [4.69, 9.17) is 0 Å². The van der Waals surface area contributed by atoms with Gasteiger partial charge in [0, 0.05) is 0 Å². The van der Waals surface area contributed by atoms with Crippen LogP contribution in [0.4, 0.5) is 15.8 Å². The number of hydrogen-bond acceptors (Lipinski definition) is 5. The van der Waals surface area contributed by atoms with Crippen LogP contribution in [-0.4, -0.2) is 34.2 Å². The summed E-state index contributed by atoms with van der Waals surface area (Å²) < 4.78 is 66.2. The fourth-order valence-corrected chi connectivity index (χ4v) is 4.38. The van der Waals surface area contributed by atoms with E-state index in [1.165, 1.54) is 12.1 Å². The van der Waals surface area contributed by atoms with Crippen LogP contribution in [0.25, 0.3) is 10.8 Å². The third-order valence-electron chi connectivity index (χ3n) is 3.89. The Balaban J connectivity index is 2.03. The van der Waals surface area contributed by atoms with Crippen molar-refractivity contribution in [2.24, 2.45) is 0 Å². The van der Waals surface area contributed by atoms with Crippen LogP contribution in [0.15, 0.2) is 59.5 Å². The smallest absolute Gasteiger partial charge is 0.337 e. The van der Waals surface area contributed by atoms with Crippen LogP contribution in [0.2, 0.25) is 0 Å². The number of aromatic carboxylic acids is 1. The Kier molecular flexibility index (Phi) is 5.20. The molecule has 0 aliphatic heterocycles. The van der Waals surface area contributed by atoms with E-state index in [1.54, 1.807) is 24.3 Å². The van der Waals surface area contributed by atoms with Crippen molar-refractivity contribution in [1.82, 2.24) is 0 Å². The number of fused-ring (bicyclic) bond motifs is 1. The number of sulfonamides is 2. The Labute approximate surface area is 166 Å². The fourth-order valence-electron chi connectivity index (χ4n) is 2.70. The molecule has 0 saturated carbocycles. The Hall–Kier alpha value is -3.18. The maximum atomic E-state index is 14.4. The van der Waals surface area contributed by atoms with Crippen molar-refractivity contribution in [2.45, 2.75) is 4.90 Å². The molecule has 8 nitrogen and oxygen atoms in total. The summed E-state index contributed by atoms with van der Waals surface area (Å²) in [5, 5.41) is 10.6. The Bertz CT molecular complexity index is 1340. The van der Waals surface area contributed by atoms with E-state index in [-0.39, 0.29) is 16.9 Å². The van der Waals surface area contributed by atoms with Crippen LogP contribution in [0.3, 0.4) is 0 Å². The van der Waals surface area contributed by atoms with Crippen molar-refractivity contribution in [1.29, 1.82) is 0 Å². The zero-order chi connectivity index (χ0) is 21.4. The second kappa shape index (κ2) is 7.33. The molecule has 0 heterocycles. The molecule has 0 aliphatic carbocycles. The highest BCUT2D eigenvalue weighted by atomic mass is 32.2. The monoisotopic (exact) mass is 438 g/mol. The van der Waals surface area contributed by atoms with E-state index < -0.39 is 36.7 Å². The highest BCUT2D eigenvalue weighted by Gasteiger charge is 2.23. The molecule has 0 saturated heterocycles. The van der Waals surface area contributed by atoms with Crippen molar-refractivity contribution in [2.75, 3.05) is 15.7 Å². The van der Waals surface area contributed by atoms with Crippen molar-refractivity contribution in [3.05, 3.63) is 66.0 Å². The Morgan fingerprint density at radius 3 is 2.10 bits per heavy atom. The molecule has 3 aromatic carbocycles. The topological polar surface area (TPSA) is 130 Å². The summed E-state index contributed by atoms with van der Waals surface area (Å²) in [7, 11) is -8.17. The van der Waals surface area contributed by atoms with E-state index in [1.807, 2.05) is 4.72 Å². The second-order valence-corrected chi connectivity index (χ2v) is 9.57. The summed E-state index contributed by atoms with van der Waals surface area (Å²) in [6.07, 6.45) is 0.865. The largest absolute Gasteiger partial charge is 0.478 e. The van der Waals surface area contributed by atoms with E-state index in [0.717, 1.165) is 18.4 Å². The number of halogens is 1. The summed E-state index contributed by atoms with van der Waals surface area (Å²) in [6, 6.07) is 12.1. The number of benzene rings is 3. The molecule has 0 spiro atoms. The van der Waals surface area contributed by atoms with Crippen LogP contribution in [0.1, 0.15) is 10.4 Å². The molecule has 0 atom stereocenters. The third-order valence-corrected chi connectivity index (χ3v) is 5.89. The minimum atomic E-state index is -4.49. The molecular weight excluding hydrogens is 423 g/mol. The first-order valence-electron chi connectivity index (χ1n) is 8.02. The first-order chi connectivity index (χ1) is 13.5. The quantitative estimate of drug-likeness (QED) is 0.543. The third kappa shape index (κ3) is 4.63. The zero-order valence-corrected chi connectivity index (χ0v) is 16.5. The van der Waals surface area contributed by atoms with Gasteiger partial charge in [-0.2, -0.15) is 0 Å².